The zero-order valence-electron chi connectivity index (χ0n) is 14.6. The van der Waals surface area contributed by atoms with Gasteiger partial charge in [0.15, 0.2) is 16.6 Å². The molecule has 1 N–H and O–H groups in total. The van der Waals surface area contributed by atoms with E-state index in [0.717, 1.165) is 18.0 Å². The SMILES string of the molecule is COC1=CC2=NC(=S)NC(=NCCc3ccc(C)cc3)C2C=C1OC. The Hall–Kier alpha value is -2.47. The second-order valence-electron chi connectivity index (χ2n) is 5.89. The number of nitrogens with zero attached hydrogens (tertiary/aromatic N) is 2. The third-order valence-electron chi connectivity index (χ3n) is 4.16. The third-order valence-corrected chi connectivity index (χ3v) is 4.36. The second-order valence-corrected chi connectivity index (χ2v) is 6.28. The van der Waals surface area contributed by atoms with Gasteiger partial charge in [-0.15, -0.1) is 0 Å². The summed E-state index contributed by atoms with van der Waals surface area (Å²) in [4.78, 5) is 9.12. The first-order chi connectivity index (χ1) is 12.1. The number of nitrogens with one attached hydrogen (secondary N) is 1. The Morgan fingerprint density at radius 1 is 1.16 bits per heavy atom. The summed E-state index contributed by atoms with van der Waals surface area (Å²) in [5, 5.41) is 3.53. The van der Waals surface area contributed by atoms with Gasteiger partial charge >= 0.3 is 0 Å². The van der Waals surface area contributed by atoms with E-state index in [1.807, 2.05) is 12.2 Å². The minimum atomic E-state index is -0.0985. The standard InChI is InChI=1S/C19H21N3O2S/c1-12-4-6-13(7-5-12)8-9-20-18-14-10-16(23-2)17(24-3)11-15(14)21-19(25)22-18/h4-7,10-11,14H,8-9H2,1-3H3,(H,20,22,25). The molecular formula is C19H21N3O2S. The van der Waals surface area contributed by atoms with E-state index in [-0.39, 0.29) is 5.92 Å². The van der Waals surface area contributed by atoms with Crippen LogP contribution in [0.15, 0.2) is 57.9 Å². The predicted molar refractivity (Wildman–Crippen MR) is 104 cm³/mol. The summed E-state index contributed by atoms with van der Waals surface area (Å²) in [5.74, 6) is 2.01. The number of hydrogen-bond acceptors (Lipinski definition) is 4. The number of benzene rings is 1. The van der Waals surface area contributed by atoms with Crippen LogP contribution in [0.5, 0.6) is 0 Å². The van der Waals surface area contributed by atoms with Crippen LogP contribution in [0.3, 0.4) is 0 Å². The largest absolute Gasteiger partial charge is 0.493 e. The lowest BCUT2D eigenvalue weighted by atomic mass is 9.94. The molecule has 130 valence electrons. The Bertz CT molecular complexity index is 791. The van der Waals surface area contributed by atoms with Crippen molar-refractivity contribution < 1.29 is 9.47 Å². The maximum Gasteiger partial charge on any atom is 0.198 e. The highest BCUT2D eigenvalue weighted by atomic mass is 32.1. The molecule has 6 heteroatoms. The van der Waals surface area contributed by atoms with E-state index in [4.69, 9.17) is 26.7 Å². The van der Waals surface area contributed by atoms with Gasteiger partial charge in [0, 0.05) is 12.6 Å². The fourth-order valence-corrected chi connectivity index (χ4v) is 3.00. The molecule has 1 heterocycles. The summed E-state index contributed by atoms with van der Waals surface area (Å²) in [6, 6.07) is 8.51. The zero-order valence-corrected chi connectivity index (χ0v) is 15.4. The normalized spacial score (nSPS) is 20.9. The molecule has 1 aliphatic heterocycles. The van der Waals surface area contributed by atoms with Crippen molar-refractivity contribution in [3.05, 3.63) is 59.1 Å². The molecule has 0 saturated heterocycles. The van der Waals surface area contributed by atoms with E-state index < -0.39 is 0 Å². The van der Waals surface area contributed by atoms with Crippen molar-refractivity contribution in [1.82, 2.24) is 5.32 Å². The number of ether oxygens (including phenoxy) is 2. The van der Waals surface area contributed by atoms with Crippen LogP contribution in [0, 0.1) is 12.8 Å². The van der Waals surface area contributed by atoms with Gasteiger partial charge in [0.2, 0.25) is 0 Å². The van der Waals surface area contributed by atoms with Crippen molar-refractivity contribution in [2.45, 2.75) is 13.3 Å². The van der Waals surface area contributed by atoms with Crippen LogP contribution >= 0.6 is 12.2 Å². The Kier molecular flexibility index (Phi) is 5.28. The molecule has 0 amide bonds. The van der Waals surface area contributed by atoms with Crippen molar-refractivity contribution in [2.75, 3.05) is 20.8 Å². The number of methoxy groups -OCH3 is 2. The van der Waals surface area contributed by atoms with Gasteiger partial charge in [-0.05, 0) is 37.2 Å². The lowest BCUT2D eigenvalue weighted by molar-refractivity contribution is 0.218. The van der Waals surface area contributed by atoms with Crippen molar-refractivity contribution >= 4 is 28.9 Å². The molecule has 1 aliphatic carbocycles. The molecule has 0 bridgehead atoms. The first-order valence-electron chi connectivity index (χ1n) is 8.12. The molecule has 0 saturated carbocycles. The molecule has 0 radical (unpaired) electrons. The van der Waals surface area contributed by atoms with Crippen LogP contribution in [-0.2, 0) is 15.9 Å². The molecular weight excluding hydrogens is 334 g/mol. The molecule has 25 heavy (non-hydrogen) atoms. The van der Waals surface area contributed by atoms with E-state index in [0.29, 0.717) is 23.2 Å². The molecule has 1 aromatic rings. The van der Waals surface area contributed by atoms with E-state index >= 15 is 0 Å². The van der Waals surface area contributed by atoms with Crippen molar-refractivity contribution in [3.8, 4) is 0 Å². The second kappa shape index (κ2) is 7.61. The number of allylic oxidation sites excluding steroid dienone is 1. The maximum absolute atomic E-state index is 5.40. The number of aliphatic imine (C=N–C) groups is 2. The van der Waals surface area contributed by atoms with Gasteiger partial charge in [-0.2, -0.15) is 0 Å². The number of fused-ring (bicyclic) bond motifs is 1. The molecule has 0 fully saturated rings. The van der Waals surface area contributed by atoms with Crippen LogP contribution in [-0.4, -0.2) is 37.4 Å². The van der Waals surface area contributed by atoms with E-state index in [1.54, 1.807) is 14.2 Å². The van der Waals surface area contributed by atoms with Crippen LogP contribution in [0.4, 0.5) is 0 Å². The molecule has 1 atom stereocenters. The predicted octanol–water partition coefficient (Wildman–Crippen LogP) is 2.96. The molecule has 0 spiro atoms. The summed E-state index contributed by atoms with van der Waals surface area (Å²) in [6.07, 6.45) is 4.68. The van der Waals surface area contributed by atoms with Crippen molar-refractivity contribution in [2.24, 2.45) is 15.9 Å². The minimum absolute atomic E-state index is 0.0985. The number of hydrogen-bond donors (Lipinski definition) is 1. The molecule has 1 aromatic carbocycles. The van der Waals surface area contributed by atoms with Crippen LogP contribution < -0.4 is 5.32 Å². The average molecular weight is 355 g/mol. The summed E-state index contributed by atoms with van der Waals surface area (Å²) < 4.78 is 10.7. The van der Waals surface area contributed by atoms with Gasteiger partial charge in [0.05, 0.1) is 25.8 Å². The quantitative estimate of drug-likeness (QED) is 0.825. The van der Waals surface area contributed by atoms with Gasteiger partial charge in [-0.1, -0.05) is 29.8 Å². The number of amidine groups is 1. The number of thiocarbonyl (C=S) groups is 1. The smallest absolute Gasteiger partial charge is 0.198 e. The zero-order chi connectivity index (χ0) is 17.8. The fraction of sp³-hybridized carbons (Fsp3) is 0.316. The Morgan fingerprint density at radius 3 is 2.56 bits per heavy atom. The third kappa shape index (κ3) is 3.96. The molecule has 1 unspecified atom stereocenters. The Labute approximate surface area is 153 Å². The lowest BCUT2D eigenvalue weighted by Crippen LogP contribution is -2.43. The maximum atomic E-state index is 5.40. The lowest BCUT2D eigenvalue weighted by Gasteiger charge is -2.27. The first-order valence-corrected chi connectivity index (χ1v) is 8.53. The summed E-state index contributed by atoms with van der Waals surface area (Å²) in [6.45, 7) is 2.76. The van der Waals surface area contributed by atoms with Gasteiger partial charge in [0.25, 0.3) is 0 Å². The van der Waals surface area contributed by atoms with E-state index in [2.05, 4.69) is 41.5 Å². The highest BCUT2D eigenvalue weighted by Crippen LogP contribution is 2.25. The van der Waals surface area contributed by atoms with Crippen molar-refractivity contribution in [1.29, 1.82) is 0 Å². The average Bonchev–Trinajstić information content (AvgIpc) is 2.62. The summed E-state index contributed by atoms with van der Waals surface area (Å²) in [7, 11) is 3.23. The molecule has 3 rings (SSSR count). The van der Waals surface area contributed by atoms with Gasteiger partial charge < -0.3 is 14.8 Å². The van der Waals surface area contributed by atoms with E-state index in [1.165, 1.54) is 11.1 Å². The van der Waals surface area contributed by atoms with Gasteiger partial charge in [0.1, 0.15) is 5.84 Å². The summed E-state index contributed by atoms with van der Waals surface area (Å²) in [5.41, 5.74) is 3.34. The number of aryl methyl sites for hydroxylation is 1. The molecule has 5 nitrogen and oxygen atoms in total. The highest BCUT2D eigenvalue weighted by Gasteiger charge is 2.30. The Morgan fingerprint density at radius 2 is 1.88 bits per heavy atom. The Balaban J connectivity index is 1.78. The van der Waals surface area contributed by atoms with Crippen molar-refractivity contribution in [3.63, 3.8) is 0 Å². The minimum Gasteiger partial charge on any atom is -0.493 e. The van der Waals surface area contributed by atoms with Crippen LogP contribution in [0.2, 0.25) is 0 Å². The topological polar surface area (TPSA) is 55.2 Å². The monoisotopic (exact) mass is 355 g/mol. The first kappa shape index (κ1) is 17.4. The number of rotatable bonds is 5. The van der Waals surface area contributed by atoms with Gasteiger partial charge in [-0.3, -0.25) is 4.99 Å². The van der Waals surface area contributed by atoms with Crippen LogP contribution in [0.25, 0.3) is 0 Å². The fourth-order valence-electron chi connectivity index (χ4n) is 2.79. The molecule has 0 aromatic heterocycles. The van der Waals surface area contributed by atoms with E-state index in [9.17, 15) is 0 Å². The van der Waals surface area contributed by atoms with Gasteiger partial charge in [-0.25, -0.2) is 4.99 Å². The molecule has 2 aliphatic rings. The highest BCUT2D eigenvalue weighted by molar-refractivity contribution is 7.80. The van der Waals surface area contributed by atoms with Crippen LogP contribution in [0.1, 0.15) is 11.1 Å². The summed E-state index contributed by atoms with van der Waals surface area (Å²) >= 11 is 5.24.